The third kappa shape index (κ3) is 3.88. The van der Waals surface area contributed by atoms with E-state index in [2.05, 4.69) is 27.8 Å². The summed E-state index contributed by atoms with van der Waals surface area (Å²) in [7, 11) is 0. The van der Waals surface area contributed by atoms with Gasteiger partial charge in [-0.3, -0.25) is 14.5 Å². The second-order valence-electron chi connectivity index (χ2n) is 8.12. The minimum atomic E-state index is -0.747. The molecule has 1 atom stereocenters. The molecule has 1 unspecified atom stereocenters. The third-order valence-corrected chi connectivity index (χ3v) is 7.62. The lowest BCUT2D eigenvalue weighted by atomic mass is 9.97. The molecular weight excluding hydrogens is 532 g/mol. The van der Waals surface area contributed by atoms with Gasteiger partial charge in [0.2, 0.25) is 5.76 Å². The normalized spacial score (nSPS) is 15.0. The van der Waals surface area contributed by atoms with Crippen LogP contribution in [0.1, 0.15) is 62.5 Å². The summed E-state index contributed by atoms with van der Waals surface area (Å²) >= 11 is 4.48. The standard InChI is InChI=1S/C26H21BrN2O5S/c1-4-14-6-8-15(9-7-14)20-19-21(30)17-12-16(27)10-11-18(17)34-22(19)24(31)29(20)26-28-13(3)23(35-26)25(32)33-5-2/h6-12,20H,4-5H2,1-3H3. The summed E-state index contributed by atoms with van der Waals surface area (Å²) in [6, 6.07) is 12.1. The summed E-state index contributed by atoms with van der Waals surface area (Å²) in [5, 5.41) is 0.682. The second-order valence-corrected chi connectivity index (χ2v) is 10.0. The first-order valence-electron chi connectivity index (χ1n) is 11.2. The first-order chi connectivity index (χ1) is 16.8. The number of amides is 1. The molecule has 178 valence electrons. The first-order valence-corrected chi connectivity index (χ1v) is 12.8. The van der Waals surface area contributed by atoms with Crippen LogP contribution < -0.4 is 10.3 Å². The van der Waals surface area contributed by atoms with Crippen LogP contribution in [0.3, 0.4) is 0 Å². The number of ether oxygens (including phenoxy) is 1. The average Bonchev–Trinajstić information content (AvgIpc) is 3.37. The van der Waals surface area contributed by atoms with Crippen molar-refractivity contribution in [1.82, 2.24) is 4.98 Å². The van der Waals surface area contributed by atoms with Gasteiger partial charge in [0.05, 0.1) is 29.3 Å². The molecule has 35 heavy (non-hydrogen) atoms. The zero-order chi connectivity index (χ0) is 24.9. The quantitative estimate of drug-likeness (QED) is 0.290. The van der Waals surface area contributed by atoms with E-state index >= 15 is 0 Å². The van der Waals surface area contributed by atoms with Gasteiger partial charge >= 0.3 is 5.97 Å². The smallest absolute Gasteiger partial charge is 0.350 e. The van der Waals surface area contributed by atoms with Crippen molar-refractivity contribution in [3.63, 3.8) is 0 Å². The van der Waals surface area contributed by atoms with Crippen LogP contribution in [0, 0.1) is 6.92 Å². The van der Waals surface area contributed by atoms with E-state index in [-0.39, 0.29) is 23.4 Å². The van der Waals surface area contributed by atoms with Crippen LogP contribution in [0.4, 0.5) is 5.13 Å². The molecule has 2 aromatic heterocycles. The fourth-order valence-corrected chi connectivity index (χ4v) is 5.61. The van der Waals surface area contributed by atoms with Gasteiger partial charge in [-0.05, 0) is 49.6 Å². The summed E-state index contributed by atoms with van der Waals surface area (Å²) in [4.78, 5) is 46.2. The predicted octanol–water partition coefficient (Wildman–Crippen LogP) is 5.81. The van der Waals surface area contributed by atoms with Gasteiger partial charge in [-0.1, -0.05) is 58.5 Å². The van der Waals surface area contributed by atoms with Crippen molar-refractivity contribution in [3.8, 4) is 0 Å². The lowest BCUT2D eigenvalue weighted by Gasteiger charge is -2.22. The Bertz CT molecular complexity index is 1540. The zero-order valence-electron chi connectivity index (χ0n) is 19.3. The Hall–Kier alpha value is -3.30. The molecule has 0 saturated heterocycles. The number of esters is 1. The number of carbonyl (C=O) groups excluding carboxylic acids is 2. The van der Waals surface area contributed by atoms with E-state index in [4.69, 9.17) is 9.15 Å². The molecule has 2 aromatic carbocycles. The topological polar surface area (TPSA) is 89.7 Å². The molecule has 5 rings (SSSR count). The van der Waals surface area contributed by atoms with Gasteiger partial charge in [-0.25, -0.2) is 9.78 Å². The predicted molar refractivity (Wildman–Crippen MR) is 137 cm³/mol. The van der Waals surface area contributed by atoms with Crippen molar-refractivity contribution >= 4 is 55.2 Å². The van der Waals surface area contributed by atoms with E-state index in [1.807, 2.05) is 24.3 Å². The van der Waals surface area contributed by atoms with Crippen molar-refractivity contribution in [3.05, 3.63) is 90.2 Å². The molecule has 0 bridgehead atoms. The molecule has 4 aromatic rings. The number of halogens is 1. The highest BCUT2D eigenvalue weighted by Gasteiger charge is 2.45. The second kappa shape index (κ2) is 9.05. The van der Waals surface area contributed by atoms with Crippen molar-refractivity contribution < 1.29 is 18.7 Å². The van der Waals surface area contributed by atoms with Crippen LogP contribution in [0.15, 0.2) is 56.1 Å². The van der Waals surface area contributed by atoms with Gasteiger partial charge < -0.3 is 9.15 Å². The maximum Gasteiger partial charge on any atom is 0.350 e. The molecule has 1 aliphatic heterocycles. The molecule has 0 spiro atoms. The summed E-state index contributed by atoms with van der Waals surface area (Å²) in [5.41, 5.74) is 2.66. The van der Waals surface area contributed by atoms with Gasteiger partial charge in [-0.15, -0.1) is 0 Å². The molecular formula is C26H21BrN2O5S. The summed E-state index contributed by atoms with van der Waals surface area (Å²) < 4.78 is 11.9. The van der Waals surface area contributed by atoms with E-state index in [1.54, 1.807) is 32.0 Å². The lowest BCUT2D eigenvalue weighted by Crippen LogP contribution is -2.29. The van der Waals surface area contributed by atoms with Crippen LogP contribution in [0.2, 0.25) is 0 Å². The molecule has 0 aliphatic carbocycles. The molecule has 3 heterocycles. The van der Waals surface area contributed by atoms with Crippen molar-refractivity contribution in [2.75, 3.05) is 11.5 Å². The van der Waals surface area contributed by atoms with E-state index in [9.17, 15) is 14.4 Å². The number of aromatic nitrogens is 1. The Morgan fingerprint density at radius 3 is 2.60 bits per heavy atom. The van der Waals surface area contributed by atoms with Gasteiger partial charge in [0.25, 0.3) is 5.91 Å². The number of hydrogen-bond donors (Lipinski definition) is 0. The number of hydrogen-bond acceptors (Lipinski definition) is 7. The number of anilines is 1. The minimum absolute atomic E-state index is 0.0140. The molecule has 7 nitrogen and oxygen atoms in total. The number of aryl methyl sites for hydroxylation is 2. The number of benzene rings is 2. The van der Waals surface area contributed by atoms with Crippen molar-refractivity contribution in [2.24, 2.45) is 0 Å². The molecule has 1 amide bonds. The number of nitrogens with zero attached hydrogens (tertiary/aromatic N) is 2. The Balaban J connectivity index is 1.74. The van der Waals surface area contributed by atoms with Crippen molar-refractivity contribution in [2.45, 2.75) is 33.2 Å². The Kier molecular flexibility index (Phi) is 6.06. The van der Waals surface area contributed by atoms with Crippen LogP contribution >= 0.6 is 27.3 Å². The fraction of sp³-hybridized carbons (Fsp3) is 0.231. The molecule has 0 fully saturated rings. The Labute approximate surface area is 213 Å². The van der Waals surface area contributed by atoms with E-state index in [0.717, 1.165) is 33.4 Å². The van der Waals surface area contributed by atoms with Gasteiger partial charge in [0.1, 0.15) is 10.5 Å². The highest BCUT2D eigenvalue weighted by Crippen LogP contribution is 2.43. The molecule has 0 N–H and O–H groups in total. The molecule has 1 aliphatic rings. The molecule has 0 saturated carbocycles. The van der Waals surface area contributed by atoms with Crippen LogP contribution in [-0.4, -0.2) is 23.5 Å². The number of thiazole rings is 1. The van der Waals surface area contributed by atoms with Crippen LogP contribution in [0.5, 0.6) is 0 Å². The fourth-order valence-electron chi connectivity index (χ4n) is 4.26. The molecule has 9 heteroatoms. The van der Waals surface area contributed by atoms with Crippen LogP contribution in [-0.2, 0) is 11.2 Å². The Morgan fingerprint density at radius 2 is 1.91 bits per heavy atom. The largest absolute Gasteiger partial charge is 0.462 e. The van der Waals surface area contributed by atoms with E-state index < -0.39 is 17.9 Å². The number of fused-ring (bicyclic) bond motifs is 2. The maximum absolute atomic E-state index is 13.7. The van der Waals surface area contributed by atoms with E-state index in [0.29, 0.717) is 26.7 Å². The summed E-state index contributed by atoms with van der Waals surface area (Å²) in [5.74, 6) is -0.984. The highest BCUT2D eigenvalue weighted by atomic mass is 79.9. The monoisotopic (exact) mass is 552 g/mol. The number of rotatable bonds is 5. The summed E-state index contributed by atoms with van der Waals surface area (Å²) in [6.45, 7) is 5.71. The number of carbonyl (C=O) groups is 2. The average molecular weight is 553 g/mol. The Morgan fingerprint density at radius 1 is 1.17 bits per heavy atom. The first kappa shape index (κ1) is 23.4. The maximum atomic E-state index is 13.7. The lowest BCUT2D eigenvalue weighted by molar-refractivity contribution is 0.0531. The minimum Gasteiger partial charge on any atom is -0.462 e. The van der Waals surface area contributed by atoms with Crippen LogP contribution in [0.25, 0.3) is 11.0 Å². The van der Waals surface area contributed by atoms with Gasteiger partial charge in [0, 0.05) is 4.47 Å². The van der Waals surface area contributed by atoms with Crippen molar-refractivity contribution in [1.29, 1.82) is 0 Å². The zero-order valence-corrected chi connectivity index (χ0v) is 21.7. The third-order valence-electron chi connectivity index (χ3n) is 5.99. The van der Waals surface area contributed by atoms with Gasteiger partial charge in [-0.2, -0.15) is 0 Å². The SMILES string of the molecule is CCOC(=O)c1sc(N2C(=O)c3oc4ccc(Br)cc4c(=O)c3C2c2ccc(CC)cc2)nc1C. The highest BCUT2D eigenvalue weighted by molar-refractivity contribution is 9.10. The van der Waals surface area contributed by atoms with E-state index in [1.165, 1.54) is 4.90 Å². The molecule has 0 radical (unpaired) electrons. The van der Waals surface area contributed by atoms with Gasteiger partial charge in [0.15, 0.2) is 10.6 Å². The summed E-state index contributed by atoms with van der Waals surface area (Å²) in [6.07, 6.45) is 0.861.